The lowest BCUT2D eigenvalue weighted by Crippen LogP contribution is -2.29. The van der Waals surface area contributed by atoms with Gasteiger partial charge in [-0.3, -0.25) is 14.9 Å². The topological polar surface area (TPSA) is 108 Å². The number of nitrogens with zero attached hydrogens (tertiary/aromatic N) is 4. The summed E-state index contributed by atoms with van der Waals surface area (Å²) >= 11 is 1.28. The van der Waals surface area contributed by atoms with E-state index >= 15 is 0 Å². The van der Waals surface area contributed by atoms with Crippen molar-refractivity contribution in [1.29, 1.82) is 0 Å². The Morgan fingerprint density at radius 1 is 1.34 bits per heavy atom. The third-order valence-corrected chi connectivity index (χ3v) is 5.35. The van der Waals surface area contributed by atoms with Crippen molar-refractivity contribution in [3.05, 3.63) is 51.8 Å². The molecule has 29 heavy (non-hydrogen) atoms. The van der Waals surface area contributed by atoms with Crippen molar-refractivity contribution in [2.75, 3.05) is 19.0 Å². The molecule has 9 nitrogen and oxygen atoms in total. The molecule has 1 aromatic carbocycles. The highest BCUT2D eigenvalue weighted by molar-refractivity contribution is 7.15. The van der Waals surface area contributed by atoms with Gasteiger partial charge in [0.1, 0.15) is 23.4 Å². The summed E-state index contributed by atoms with van der Waals surface area (Å²) in [5, 5.41) is 16.2. The molecule has 1 amide bonds. The predicted molar refractivity (Wildman–Crippen MR) is 107 cm³/mol. The molecule has 2 aromatic heterocycles. The van der Waals surface area contributed by atoms with Gasteiger partial charge in [0.05, 0.1) is 12.8 Å². The minimum absolute atomic E-state index is 0.0537. The molecule has 10 heteroatoms. The Kier molecular flexibility index (Phi) is 5.63. The predicted octanol–water partition coefficient (Wildman–Crippen LogP) is 2.26. The minimum atomic E-state index is -0.405. The maximum atomic E-state index is 12.4. The molecular weight excluding hydrogens is 394 g/mol. The zero-order chi connectivity index (χ0) is 20.2. The van der Waals surface area contributed by atoms with Crippen LogP contribution in [0.3, 0.4) is 0 Å². The Balaban J connectivity index is 1.47. The van der Waals surface area contributed by atoms with Gasteiger partial charge in [-0.1, -0.05) is 23.5 Å². The van der Waals surface area contributed by atoms with E-state index in [1.807, 2.05) is 24.3 Å². The maximum absolute atomic E-state index is 12.4. The summed E-state index contributed by atoms with van der Waals surface area (Å²) in [6.07, 6.45) is 1.84. The lowest BCUT2D eigenvalue weighted by atomic mass is 10.1. The summed E-state index contributed by atoms with van der Waals surface area (Å²) in [5.41, 5.74) is 0.973. The van der Waals surface area contributed by atoms with Crippen LogP contribution in [0.15, 0.2) is 41.2 Å². The molecule has 0 spiro atoms. The largest absolute Gasteiger partial charge is 0.497 e. The van der Waals surface area contributed by atoms with Gasteiger partial charge in [0.25, 0.3) is 5.56 Å². The second-order valence-electron chi connectivity index (χ2n) is 6.44. The van der Waals surface area contributed by atoms with Gasteiger partial charge in [0, 0.05) is 18.2 Å². The van der Waals surface area contributed by atoms with Gasteiger partial charge in [0.15, 0.2) is 0 Å². The number of anilines is 1. The van der Waals surface area contributed by atoms with Crippen molar-refractivity contribution >= 4 is 22.4 Å². The van der Waals surface area contributed by atoms with E-state index in [9.17, 15) is 9.59 Å². The van der Waals surface area contributed by atoms with E-state index < -0.39 is 5.91 Å². The Hall–Kier alpha value is -3.11. The fourth-order valence-corrected chi connectivity index (χ4v) is 3.82. The lowest BCUT2D eigenvalue weighted by molar-refractivity contribution is -0.117. The molecule has 0 bridgehead atoms. The molecule has 1 aliphatic heterocycles. The van der Waals surface area contributed by atoms with E-state index in [2.05, 4.69) is 20.6 Å². The highest BCUT2D eigenvalue weighted by Gasteiger charge is 2.22. The molecule has 1 fully saturated rings. The molecule has 1 saturated heterocycles. The number of hydrogen-bond donors (Lipinski definition) is 1. The average Bonchev–Trinajstić information content (AvgIpc) is 3.41. The number of carbonyl (C=O) groups is 1. The lowest BCUT2D eigenvalue weighted by Gasteiger charge is -2.08. The van der Waals surface area contributed by atoms with E-state index in [1.54, 1.807) is 13.2 Å². The monoisotopic (exact) mass is 413 g/mol. The summed E-state index contributed by atoms with van der Waals surface area (Å²) < 4.78 is 11.9. The van der Waals surface area contributed by atoms with Gasteiger partial charge >= 0.3 is 0 Å². The SMILES string of the molecule is COc1cccc(-c2ccc(=O)n(CC(=O)Nc3nnc(C4CCCO4)s3)n2)c1. The van der Waals surface area contributed by atoms with E-state index in [-0.39, 0.29) is 18.2 Å². The molecular formula is C19H19N5O4S. The van der Waals surface area contributed by atoms with Gasteiger partial charge in [-0.2, -0.15) is 5.10 Å². The number of carbonyl (C=O) groups excluding carboxylic acids is 1. The van der Waals surface area contributed by atoms with Crippen molar-refractivity contribution in [3.8, 4) is 17.0 Å². The quantitative estimate of drug-likeness (QED) is 0.660. The van der Waals surface area contributed by atoms with Crippen molar-refractivity contribution in [1.82, 2.24) is 20.0 Å². The number of hydrogen-bond acceptors (Lipinski definition) is 8. The fraction of sp³-hybridized carbons (Fsp3) is 0.316. The first-order valence-electron chi connectivity index (χ1n) is 9.10. The molecule has 3 heterocycles. The van der Waals surface area contributed by atoms with E-state index in [0.29, 0.717) is 23.2 Å². The number of amides is 1. The number of rotatable bonds is 6. The summed E-state index contributed by atoms with van der Waals surface area (Å²) in [5.74, 6) is 0.274. The third-order valence-electron chi connectivity index (χ3n) is 4.42. The molecule has 0 aliphatic carbocycles. The van der Waals surface area contributed by atoms with Crippen LogP contribution in [0, 0.1) is 0 Å². The molecule has 1 aliphatic rings. The van der Waals surface area contributed by atoms with E-state index in [4.69, 9.17) is 9.47 Å². The van der Waals surface area contributed by atoms with Crippen LogP contribution in [-0.2, 0) is 16.1 Å². The van der Waals surface area contributed by atoms with Crippen molar-refractivity contribution in [2.24, 2.45) is 0 Å². The Labute approximate surface area is 170 Å². The van der Waals surface area contributed by atoms with Crippen molar-refractivity contribution in [3.63, 3.8) is 0 Å². The molecule has 0 radical (unpaired) electrons. The van der Waals surface area contributed by atoms with Crippen LogP contribution in [0.5, 0.6) is 5.75 Å². The highest BCUT2D eigenvalue weighted by atomic mass is 32.1. The number of ether oxygens (including phenoxy) is 2. The minimum Gasteiger partial charge on any atom is -0.497 e. The summed E-state index contributed by atoms with van der Waals surface area (Å²) in [6, 6.07) is 10.3. The zero-order valence-corrected chi connectivity index (χ0v) is 16.5. The smallest absolute Gasteiger partial charge is 0.267 e. The maximum Gasteiger partial charge on any atom is 0.267 e. The molecule has 1 unspecified atom stereocenters. The van der Waals surface area contributed by atoms with Crippen LogP contribution >= 0.6 is 11.3 Å². The summed E-state index contributed by atoms with van der Waals surface area (Å²) in [7, 11) is 1.58. The van der Waals surface area contributed by atoms with Gasteiger partial charge in [-0.15, -0.1) is 10.2 Å². The first-order chi connectivity index (χ1) is 14.1. The first kappa shape index (κ1) is 19.2. The second kappa shape index (κ2) is 8.50. The van der Waals surface area contributed by atoms with Crippen molar-refractivity contribution < 1.29 is 14.3 Å². The van der Waals surface area contributed by atoms with Crippen LogP contribution in [0.4, 0.5) is 5.13 Å². The van der Waals surface area contributed by atoms with Crippen molar-refractivity contribution in [2.45, 2.75) is 25.5 Å². The normalized spacial score (nSPS) is 16.0. The Morgan fingerprint density at radius 3 is 3.03 bits per heavy atom. The molecule has 1 N–H and O–H groups in total. The standard InChI is InChI=1S/C19H19N5O4S/c1-27-13-5-2-4-12(10-13)14-7-8-17(26)24(23-14)11-16(25)20-19-22-21-18(29-19)15-6-3-9-28-15/h2,4-5,7-8,10,15H,3,6,9,11H2,1H3,(H,20,22,25). The number of nitrogens with one attached hydrogen (secondary N) is 1. The molecule has 0 saturated carbocycles. The molecule has 4 rings (SSSR count). The summed E-state index contributed by atoms with van der Waals surface area (Å²) in [6.45, 7) is 0.482. The van der Waals surface area contributed by atoms with Gasteiger partial charge < -0.3 is 9.47 Å². The fourth-order valence-electron chi connectivity index (χ4n) is 2.98. The number of aromatic nitrogens is 4. The Morgan fingerprint density at radius 2 is 2.24 bits per heavy atom. The van der Waals surface area contributed by atoms with Crippen LogP contribution in [0.1, 0.15) is 24.0 Å². The molecule has 1 atom stereocenters. The molecule has 150 valence electrons. The van der Waals surface area contributed by atoms with Crippen LogP contribution in [-0.4, -0.2) is 39.6 Å². The van der Waals surface area contributed by atoms with Crippen LogP contribution in [0.2, 0.25) is 0 Å². The average molecular weight is 413 g/mol. The zero-order valence-electron chi connectivity index (χ0n) is 15.7. The van der Waals surface area contributed by atoms with Gasteiger partial charge in [-0.25, -0.2) is 4.68 Å². The highest BCUT2D eigenvalue weighted by Crippen LogP contribution is 2.31. The van der Waals surface area contributed by atoms with Crippen LogP contribution in [0.25, 0.3) is 11.3 Å². The Bertz CT molecular complexity index is 1070. The third kappa shape index (κ3) is 4.49. The number of benzene rings is 1. The van der Waals surface area contributed by atoms with Gasteiger partial charge in [-0.05, 0) is 31.0 Å². The van der Waals surface area contributed by atoms with Crippen LogP contribution < -0.4 is 15.6 Å². The number of methoxy groups -OCH3 is 1. The summed E-state index contributed by atoms with van der Waals surface area (Å²) in [4.78, 5) is 24.5. The van der Waals surface area contributed by atoms with E-state index in [1.165, 1.54) is 17.4 Å². The van der Waals surface area contributed by atoms with E-state index in [0.717, 1.165) is 28.1 Å². The second-order valence-corrected chi connectivity index (χ2v) is 7.45. The molecule has 3 aromatic rings. The van der Waals surface area contributed by atoms with Gasteiger partial charge in [0.2, 0.25) is 11.0 Å². The first-order valence-corrected chi connectivity index (χ1v) is 9.91.